The Kier molecular flexibility index (Phi) is 4.07. The average molecular weight is 310 g/mol. The molecule has 1 heterocycles. The molecule has 0 aliphatic heterocycles. The van der Waals surface area contributed by atoms with E-state index in [-0.39, 0.29) is 5.91 Å². The third-order valence-corrected chi connectivity index (χ3v) is 3.35. The number of benzene rings is 1. The minimum Gasteiger partial charge on any atom is -0.450 e. The molecule has 2 rings (SSSR count). The lowest BCUT2D eigenvalue weighted by Crippen LogP contribution is -2.24. The first-order valence-corrected chi connectivity index (χ1v) is 6.83. The number of furan rings is 1. The van der Waals surface area contributed by atoms with Gasteiger partial charge in [0.25, 0.3) is 5.91 Å². The maximum Gasteiger partial charge on any atom is 0.287 e. The van der Waals surface area contributed by atoms with E-state index in [1.54, 1.807) is 6.07 Å². The van der Waals surface area contributed by atoms with Crippen molar-refractivity contribution in [3.8, 4) is 0 Å². The topological polar surface area (TPSA) is 42.2 Å². The number of amides is 1. The van der Waals surface area contributed by atoms with Gasteiger partial charge in [0.15, 0.2) is 5.76 Å². The largest absolute Gasteiger partial charge is 0.450 e. The standard InChI is InChI=1S/C14H16BrNO2/c1-9(2)6-7-16-14(17)12-8-10-4-3-5-11(15)13(10)18-12/h3-5,8-9H,6-7H2,1-2H3,(H,16,17). The van der Waals surface area contributed by atoms with Gasteiger partial charge in [0.1, 0.15) is 5.58 Å². The third-order valence-electron chi connectivity index (χ3n) is 2.73. The zero-order valence-corrected chi connectivity index (χ0v) is 12.1. The summed E-state index contributed by atoms with van der Waals surface area (Å²) in [4.78, 5) is 11.9. The molecule has 0 saturated heterocycles. The number of carbonyl (C=O) groups is 1. The molecule has 18 heavy (non-hydrogen) atoms. The fourth-order valence-corrected chi connectivity index (χ4v) is 2.16. The van der Waals surface area contributed by atoms with Gasteiger partial charge in [-0.05, 0) is 40.4 Å². The quantitative estimate of drug-likeness (QED) is 0.928. The Morgan fingerprint density at radius 3 is 2.89 bits per heavy atom. The molecule has 0 spiro atoms. The predicted molar refractivity (Wildman–Crippen MR) is 75.7 cm³/mol. The van der Waals surface area contributed by atoms with Crippen molar-refractivity contribution in [3.05, 3.63) is 34.5 Å². The smallest absolute Gasteiger partial charge is 0.287 e. The number of rotatable bonds is 4. The number of halogens is 1. The van der Waals surface area contributed by atoms with Gasteiger partial charge in [0.05, 0.1) is 4.47 Å². The van der Waals surface area contributed by atoms with Gasteiger partial charge < -0.3 is 9.73 Å². The fourth-order valence-electron chi connectivity index (χ4n) is 1.70. The Hall–Kier alpha value is -1.29. The van der Waals surface area contributed by atoms with Crippen molar-refractivity contribution in [1.29, 1.82) is 0 Å². The lowest BCUT2D eigenvalue weighted by atomic mass is 10.1. The number of para-hydroxylation sites is 1. The van der Waals surface area contributed by atoms with Gasteiger partial charge in [-0.15, -0.1) is 0 Å². The van der Waals surface area contributed by atoms with Crippen LogP contribution in [0.5, 0.6) is 0 Å². The maximum atomic E-state index is 11.9. The Bertz CT molecular complexity index is 560. The molecule has 4 heteroatoms. The molecular formula is C14H16BrNO2. The van der Waals surface area contributed by atoms with Crippen LogP contribution in [-0.4, -0.2) is 12.5 Å². The van der Waals surface area contributed by atoms with E-state index in [2.05, 4.69) is 35.1 Å². The molecule has 1 aromatic carbocycles. The number of nitrogens with one attached hydrogen (secondary N) is 1. The molecule has 96 valence electrons. The van der Waals surface area contributed by atoms with Gasteiger partial charge in [0.2, 0.25) is 0 Å². The van der Waals surface area contributed by atoms with E-state index < -0.39 is 0 Å². The highest BCUT2D eigenvalue weighted by molar-refractivity contribution is 9.10. The van der Waals surface area contributed by atoms with Crippen LogP contribution in [0.15, 0.2) is 33.2 Å². The van der Waals surface area contributed by atoms with Gasteiger partial charge in [0, 0.05) is 11.9 Å². The van der Waals surface area contributed by atoms with Gasteiger partial charge in [-0.2, -0.15) is 0 Å². The first kappa shape index (κ1) is 13.1. The Labute approximate surface area is 115 Å². The van der Waals surface area contributed by atoms with E-state index in [1.165, 1.54) is 0 Å². The van der Waals surface area contributed by atoms with E-state index >= 15 is 0 Å². The molecule has 2 aromatic rings. The second-order valence-corrected chi connectivity index (χ2v) is 5.56. The average Bonchev–Trinajstić information content (AvgIpc) is 2.74. The molecule has 0 radical (unpaired) electrons. The van der Waals surface area contributed by atoms with Crippen molar-refractivity contribution in [3.63, 3.8) is 0 Å². The second kappa shape index (κ2) is 5.57. The zero-order valence-electron chi connectivity index (χ0n) is 10.5. The predicted octanol–water partition coefficient (Wildman–Crippen LogP) is 3.97. The molecule has 0 unspecified atom stereocenters. The summed E-state index contributed by atoms with van der Waals surface area (Å²) >= 11 is 3.41. The molecule has 1 amide bonds. The summed E-state index contributed by atoms with van der Waals surface area (Å²) in [6, 6.07) is 7.51. The Morgan fingerprint density at radius 2 is 2.22 bits per heavy atom. The van der Waals surface area contributed by atoms with Crippen molar-refractivity contribution in [2.24, 2.45) is 5.92 Å². The van der Waals surface area contributed by atoms with E-state index in [1.807, 2.05) is 18.2 Å². The molecule has 0 saturated carbocycles. The number of fused-ring (bicyclic) bond motifs is 1. The highest BCUT2D eigenvalue weighted by atomic mass is 79.9. The molecular weight excluding hydrogens is 294 g/mol. The van der Waals surface area contributed by atoms with Gasteiger partial charge >= 0.3 is 0 Å². The summed E-state index contributed by atoms with van der Waals surface area (Å²) in [6.45, 7) is 4.93. The molecule has 1 aromatic heterocycles. The first-order chi connectivity index (χ1) is 8.58. The molecule has 0 aliphatic rings. The van der Waals surface area contributed by atoms with Crippen molar-refractivity contribution >= 4 is 32.8 Å². The lowest BCUT2D eigenvalue weighted by molar-refractivity contribution is 0.0926. The molecule has 0 aliphatic carbocycles. The molecule has 0 fully saturated rings. The van der Waals surface area contributed by atoms with Crippen LogP contribution in [-0.2, 0) is 0 Å². The summed E-state index contributed by atoms with van der Waals surface area (Å²) in [5.74, 6) is 0.787. The summed E-state index contributed by atoms with van der Waals surface area (Å²) in [7, 11) is 0. The number of hydrogen-bond donors (Lipinski definition) is 1. The number of carbonyl (C=O) groups excluding carboxylic acids is 1. The van der Waals surface area contributed by atoms with Crippen LogP contribution >= 0.6 is 15.9 Å². The normalized spacial score (nSPS) is 11.1. The minimum atomic E-state index is -0.154. The van der Waals surface area contributed by atoms with Crippen LogP contribution in [0, 0.1) is 5.92 Å². The summed E-state index contributed by atoms with van der Waals surface area (Å²) in [6.07, 6.45) is 0.968. The van der Waals surface area contributed by atoms with Gasteiger partial charge in [-0.3, -0.25) is 4.79 Å². The van der Waals surface area contributed by atoms with Crippen LogP contribution in [0.4, 0.5) is 0 Å². The third kappa shape index (κ3) is 2.93. The Morgan fingerprint density at radius 1 is 1.44 bits per heavy atom. The monoisotopic (exact) mass is 309 g/mol. The maximum absolute atomic E-state index is 11.9. The van der Waals surface area contributed by atoms with E-state index in [9.17, 15) is 4.79 Å². The van der Waals surface area contributed by atoms with E-state index in [0.29, 0.717) is 23.8 Å². The molecule has 3 nitrogen and oxygen atoms in total. The minimum absolute atomic E-state index is 0.154. The van der Waals surface area contributed by atoms with Crippen LogP contribution in [0.25, 0.3) is 11.0 Å². The summed E-state index contributed by atoms with van der Waals surface area (Å²) in [5, 5.41) is 3.79. The summed E-state index contributed by atoms with van der Waals surface area (Å²) < 4.78 is 6.42. The highest BCUT2D eigenvalue weighted by Gasteiger charge is 2.13. The van der Waals surface area contributed by atoms with Gasteiger partial charge in [-0.25, -0.2) is 0 Å². The van der Waals surface area contributed by atoms with Crippen molar-refractivity contribution in [2.45, 2.75) is 20.3 Å². The van der Waals surface area contributed by atoms with Crippen LogP contribution < -0.4 is 5.32 Å². The van der Waals surface area contributed by atoms with Crippen LogP contribution in [0.1, 0.15) is 30.8 Å². The van der Waals surface area contributed by atoms with Crippen LogP contribution in [0.2, 0.25) is 0 Å². The molecule has 0 atom stereocenters. The van der Waals surface area contributed by atoms with Crippen molar-refractivity contribution in [1.82, 2.24) is 5.32 Å². The summed E-state index contributed by atoms with van der Waals surface area (Å²) in [5.41, 5.74) is 0.714. The second-order valence-electron chi connectivity index (χ2n) is 4.71. The SMILES string of the molecule is CC(C)CCNC(=O)c1cc2cccc(Br)c2o1. The van der Waals surface area contributed by atoms with Crippen LogP contribution in [0.3, 0.4) is 0 Å². The van der Waals surface area contributed by atoms with Crippen molar-refractivity contribution < 1.29 is 9.21 Å². The van der Waals surface area contributed by atoms with E-state index in [0.717, 1.165) is 16.3 Å². The van der Waals surface area contributed by atoms with Crippen molar-refractivity contribution in [2.75, 3.05) is 6.54 Å². The zero-order chi connectivity index (χ0) is 13.1. The fraction of sp³-hybridized carbons (Fsp3) is 0.357. The van der Waals surface area contributed by atoms with E-state index in [4.69, 9.17) is 4.42 Å². The molecule has 0 bridgehead atoms. The number of hydrogen-bond acceptors (Lipinski definition) is 2. The molecule has 1 N–H and O–H groups in total. The lowest BCUT2D eigenvalue weighted by Gasteiger charge is -2.05. The highest BCUT2D eigenvalue weighted by Crippen LogP contribution is 2.26. The Balaban J connectivity index is 2.11. The first-order valence-electron chi connectivity index (χ1n) is 6.04. The van der Waals surface area contributed by atoms with Gasteiger partial charge in [-0.1, -0.05) is 26.0 Å².